The van der Waals surface area contributed by atoms with E-state index in [4.69, 9.17) is 9.15 Å². The largest absolute Gasteiger partial charge is 0.493 e. The number of carbonyl (C=O) groups excluding carboxylic acids is 1. The second-order valence-electron chi connectivity index (χ2n) is 5.44. The van der Waals surface area contributed by atoms with Gasteiger partial charge in [-0.3, -0.25) is 4.79 Å². The topological polar surface area (TPSA) is 77.2 Å². The number of furan rings is 1. The number of benzene rings is 1. The SMILES string of the molecule is COc1cccc2cc(C(=O)Nc3ncnc4c3CCC4)oc12. The molecular formula is C17H15N3O3. The minimum Gasteiger partial charge on any atom is -0.493 e. The number of amides is 1. The van der Waals surface area contributed by atoms with Crippen molar-refractivity contribution in [3.8, 4) is 5.75 Å². The lowest BCUT2D eigenvalue weighted by molar-refractivity contribution is 0.0998. The van der Waals surface area contributed by atoms with Gasteiger partial charge in [0.15, 0.2) is 17.1 Å². The van der Waals surface area contributed by atoms with Crippen molar-refractivity contribution in [2.24, 2.45) is 0 Å². The van der Waals surface area contributed by atoms with Gasteiger partial charge < -0.3 is 14.5 Å². The number of methoxy groups -OCH3 is 1. The van der Waals surface area contributed by atoms with Crippen LogP contribution in [0.25, 0.3) is 11.0 Å². The standard InChI is InChI=1S/C17H15N3O3/c1-22-13-7-2-4-10-8-14(23-15(10)13)17(21)20-16-11-5-3-6-12(11)18-9-19-16/h2,4,7-9H,3,5-6H2,1H3,(H,18,19,20,21). The molecule has 1 aliphatic carbocycles. The summed E-state index contributed by atoms with van der Waals surface area (Å²) < 4.78 is 10.9. The van der Waals surface area contributed by atoms with E-state index in [1.807, 2.05) is 12.1 Å². The first-order chi connectivity index (χ1) is 11.3. The van der Waals surface area contributed by atoms with E-state index >= 15 is 0 Å². The molecule has 0 fully saturated rings. The monoisotopic (exact) mass is 309 g/mol. The van der Waals surface area contributed by atoms with Gasteiger partial charge >= 0.3 is 0 Å². The third-order valence-electron chi connectivity index (χ3n) is 4.06. The molecule has 4 rings (SSSR count). The Labute approximate surface area is 132 Å². The predicted octanol–water partition coefficient (Wildman–Crippen LogP) is 2.97. The molecule has 0 atom stereocenters. The first kappa shape index (κ1) is 13.8. The zero-order chi connectivity index (χ0) is 15.8. The molecule has 116 valence electrons. The van der Waals surface area contributed by atoms with E-state index < -0.39 is 0 Å². The first-order valence-corrected chi connectivity index (χ1v) is 7.47. The Hall–Kier alpha value is -2.89. The van der Waals surface area contributed by atoms with Crippen LogP contribution in [0.2, 0.25) is 0 Å². The van der Waals surface area contributed by atoms with Gasteiger partial charge in [0.25, 0.3) is 5.91 Å². The number of aromatic nitrogens is 2. The van der Waals surface area contributed by atoms with Gasteiger partial charge in [0.2, 0.25) is 0 Å². The van der Waals surface area contributed by atoms with Gasteiger partial charge in [0.05, 0.1) is 7.11 Å². The second kappa shape index (κ2) is 5.39. The fourth-order valence-electron chi connectivity index (χ4n) is 2.95. The summed E-state index contributed by atoms with van der Waals surface area (Å²) in [6, 6.07) is 7.23. The molecule has 6 heteroatoms. The van der Waals surface area contributed by atoms with E-state index in [0.717, 1.165) is 35.9 Å². The summed E-state index contributed by atoms with van der Waals surface area (Å²) >= 11 is 0. The molecule has 6 nitrogen and oxygen atoms in total. The maximum absolute atomic E-state index is 12.5. The first-order valence-electron chi connectivity index (χ1n) is 7.47. The Morgan fingerprint density at radius 3 is 3.09 bits per heavy atom. The maximum Gasteiger partial charge on any atom is 0.292 e. The number of para-hydroxylation sites is 1. The van der Waals surface area contributed by atoms with Gasteiger partial charge in [-0.25, -0.2) is 9.97 Å². The van der Waals surface area contributed by atoms with Crippen molar-refractivity contribution in [2.75, 3.05) is 12.4 Å². The second-order valence-corrected chi connectivity index (χ2v) is 5.44. The minimum absolute atomic E-state index is 0.231. The van der Waals surface area contributed by atoms with E-state index in [0.29, 0.717) is 17.2 Å². The fraction of sp³-hybridized carbons (Fsp3) is 0.235. The third kappa shape index (κ3) is 2.32. The number of hydrogen-bond acceptors (Lipinski definition) is 5. The van der Waals surface area contributed by atoms with Crippen LogP contribution in [0.15, 0.2) is 35.0 Å². The predicted molar refractivity (Wildman–Crippen MR) is 84.8 cm³/mol. The van der Waals surface area contributed by atoms with Crippen molar-refractivity contribution in [3.63, 3.8) is 0 Å². The zero-order valence-corrected chi connectivity index (χ0v) is 12.6. The van der Waals surface area contributed by atoms with E-state index in [1.54, 1.807) is 19.2 Å². The summed E-state index contributed by atoms with van der Waals surface area (Å²) in [6.45, 7) is 0. The summed E-state index contributed by atoms with van der Waals surface area (Å²) in [7, 11) is 1.57. The molecule has 2 heterocycles. The Morgan fingerprint density at radius 2 is 2.22 bits per heavy atom. The molecule has 1 aliphatic rings. The summed E-state index contributed by atoms with van der Waals surface area (Å²) in [5, 5.41) is 3.65. The Morgan fingerprint density at radius 1 is 1.30 bits per heavy atom. The average molecular weight is 309 g/mol. The quantitative estimate of drug-likeness (QED) is 0.805. The number of fused-ring (bicyclic) bond motifs is 2. The van der Waals surface area contributed by atoms with Crippen molar-refractivity contribution in [2.45, 2.75) is 19.3 Å². The number of rotatable bonds is 3. The van der Waals surface area contributed by atoms with Gasteiger partial charge in [-0.2, -0.15) is 0 Å². The molecule has 0 unspecified atom stereocenters. The molecule has 0 saturated heterocycles. The lowest BCUT2D eigenvalue weighted by Crippen LogP contribution is -2.14. The Kier molecular flexibility index (Phi) is 3.22. The average Bonchev–Trinajstić information content (AvgIpc) is 3.21. The molecule has 1 N–H and O–H groups in total. The number of ether oxygens (including phenoxy) is 1. The number of nitrogens with one attached hydrogen (secondary N) is 1. The van der Waals surface area contributed by atoms with Crippen LogP contribution in [0, 0.1) is 0 Å². The molecule has 1 amide bonds. The molecule has 0 spiro atoms. The van der Waals surface area contributed by atoms with E-state index in [-0.39, 0.29) is 11.7 Å². The maximum atomic E-state index is 12.5. The van der Waals surface area contributed by atoms with Gasteiger partial charge in [0.1, 0.15) is 12.1 Å². The number of aryl methyl sites for hydroxylation is 1. The Balaban J connectivity index is 1.66. The molecule has 0 radical (unpaired) electrons. The number of hydrogen-bond donors (Lipinski definition) is 1. The summed E-state index contributed by atoms with van der Waals surface area (Å²) in [5.41, 5.74) is 2.60. The highest BCUT2D eigenvalue weighted by atomic mass is 16.5. The molecule has 0 saturated carbocycles. The van der Waals surface area contributed by atoms with Crippen LogP contribution >= 0.6 is 0 Å². The molecule has 0 bridgehead atoms. The number of nitrogens with zero attached hydrogens (tertiary/aromatic N) is 2. The van der Waals surface area contributed by atoms with E-state index in [1.165, 1.54) is 6.33 Å². The number of carbonyl (C=O) groups is 1. The molecule has 2 aromatic heterocycles. The smallest absolute Gasteiger partial charge is 0.292 e. The van der Waals surface area contributed by atoms with Crippen LogP contribution in [0.3, 0.4) is 0 Å². The van der Waals surface area contributed by atoms with Crippen LogP contribution in [0.5, 0.6) is 5.75 Å². The highest BCUT2D eigenvalue weighted by Gasteiger charge is 2.21. The highest BCUT2D eigenvalue weighted by molar-refractivity contribution is 6.05. The van der Waals surface area contributed by atoms with Gasteiger partial charge in [-0.15, -0.1) is 0 Å². The van der Waals surface area contributed by atoms with Crippen LogP contribution in [-0.4, -0.2) is 23.0 Å². The third-order valence-corrected chi connectivity index (χ3v) is 4.06. The van der Waals surface area contributed by atoms with E-state index in [9.17, 15) is 4.79 Å². The fourth-order valence-corrected chi connectivity index (χ4v) is 2.95. The van der Waals surface area contributed by atoms with Crippen LogP contribution in [-0.2, 0) is 12.8 Å². The van der Waals surface area contributed by atoms with Gasteiger partial charge in [-0.1, -0.05) is 12.1 Å². The van der Waals surface area contributed by atoms with Crippen molar-refractivity contribution >= 4 is 22.7 Å². The van der Waals surface area contributed by atoms with Gasteiger partial charge in [0, 0.05) is 16.6 Å². The highest BCUT2D eigenvalue weighted by Crippen LogP contribution is 2.29. The summed E-state index contributed by atoms with van der Waals surface area (Å²) in [6.07, 6.45) is 4.35. The van der Waals surface area contributed by atoms with Crippen molar-refractivity contribution in [3.05, 3.63) is 47.6 Å². The lowest BCUT2D eigenvalue weighted by atomic mass is 10.2. The normalized spacial score (nSPS) is 13.1. The lowest BCUT2D eigenvalue weighted by Gasteiger charge is -2.06. The minimum atomic E-state index is -0.323. The van der Waals surface area contributed by atoms with Crippen molar-refractivity contribution in [1.82, 2.24) is 9.97 Å². The molecule has 0 aliphatic heterocycles. The Bertz CT molecular complexity index is 901. The van der Waals surface area contributed by atoms with E-state index in [2.05, 4.69) is 15.3 Å². The zero-order valence-electron chi connectivity index (χ0n) is 12.6. The van der Waals surface area contributed by atoms with Crippen molar-refractivity contribution < 1.29 is 13.9 Å². The van der Waals surface area contributed by atoms with Crippen molar-refractivity contribution in [1.29, 1.82) is 0 Å². The molecule has 23 heavy (non-hydrogen) atoms. The van der Waals surface area contributed by atoms with Crippen LogP contribution < -0.4 is 10.1 Å². The number of anilines is 1. The summed E-state index contributed by atoms with van der Waals surface area (Å²) in [5.74, 6) is 1.08. The molecule has 1 aromatic carbocycles. The van der Waals surface area contributed by atoms with Gasteiger partial charge in [-0.05, 0) is 31.4 Å². The van der Waals surface area contributed by atoms with Crippen LogP contribution in [0.1, 0.15) is 28.2 Å². The summed E-state index contributed by atoms with van der Waals surface area (Å²) in [4.78, 5) is 20.9. The molecule has 3 aromatic rings. The molecular weight excluding hydrogens is 294 g/mol. The van der Waals surface area contributed by atoms with Crippen LogP contribution in [0.4, 0.5) is 5.82 Å².